The summed E-state index contributed by atoms with van der Waals surface area (Å²) in [4.78, 5) is 0. The molecule has 0 spiro atoms. The van der Waals surface area contributed by atoms with Crippen molar-refractivity contribution >= 4 is 23.5 Å². The first-order valence-electron chi connectivity index (χ1n) is 7.44. The molecule has 110 valence electrons. The molecule has 0 amide bonds. The van der Waals surface area contributed by atoms with Gasteiger partial charge in [-0.3, -0.25) is 0 Å². The van der Waals surface area contributed by atoms with Gasteiger partial charge in [0.25, 0.3) is 0 Å². The van der Waals surface area contributed by atoms with E-state index in [9.17, 15) is 0 Å². The predicted molar refractivity (Wildman–Crippen MR) is 96.3 cm³/mol. The van der Waals surface area contributed by atoms with Crippen LogP contribution in [0.5, 0.6) is 0 Å². The van der Waals surface area contributed by atoms with Crippen LogP contribution in [0.1, 0.15) is 16.7 Å². The molecule has 0 atom stereocenters. The minimum absolute atomic E-state index is 0.664. The Morgan fingerprint density at radius 3 is 1.74 bits per heavy atom. The second-order valence-corrected chi connectivity index (χ2v) is 5.18. The fourth-order valence-corrected chi connectivity index (χ4v) is 2.23. The molecule has 0 fully saturated rings. The maximum absolute atomic E-state index is 8.80. The summed E-state index contributed by atoms with van der Waals surface area (Å²) < 4.78 is 0. The smallest absolute Gasteiger partial charge is 0.0991 e. The predicted octanol–water partition coefficient (Wildman–Crippen LogP) is 5.47. The van der Waals surface area contributed by atoms with Gasteiger partial charge < -0.3 is 5.32 Å². The fourth-order valence-electron chi connectivity index (χ4n) is 2.23. The zero-order valence-corrected chi connectivity index (χ0v) is 12.6. The van der Waals surface area contributed by atoms with E-state index in [1.54, 1.807) is 12.1 Å². The lowest BCUT2D eigenvalue weighted by atomic mass is 10.1. The summed E-state index contributed by atoms with van der Waals surface area (Å²) in [7, 11) is 0. The van der Waals surface area contributed by atoms with Crippen LogP contribution in [-0.2, 0) is 0 Å². The summed E-state index contributed by atoms with van der Waals surface area (Å²) in [5.41, 5.74) is 4.99. The molecule has 0 saturated carbocycles. The van der Waals surface area contributed by atoms with Crippen LogP contribution in [0.3, 0.4) is 0 Å². The van der Waals surface area contributed by atoms with Gasteiger partial charge in [-0.25, -0.2) is 0 Å². The van der Waals surface area contributed by atoms with Gasteiger partial charge >= 0.3 is 0 Å². The fraction of sp³-hybridized carbons (Fsp3) is 0. The van der Waals surface area contributed by atoms with Gasteiger partial charge in [-0.05, 0) is 47.5 Å². The molecular weight excluding hydrogens is 280 g/mol. The third-order valence-corrected chi connectivity index (χ3v) is 3.48. The first-order valence-corrected chi connectivity index (χ1v) is 7.44. The molecule has 0 bridgehead atoms. The van der Waals surface area contributed by atoms with Gasteiger partial charge in [0.1, 0.15) is 0 Å². The topological polar surface area (TPSA) is 35.8 Å². The van der Waals surface area contributed by atoms with Crippen LogP contribution in [0.2, 0.25) is 0 Å². The number of rotatable bonds is 4. The highest BCUT2D eigenvalue weighted by atomic mass is 14.9. The lowest BCUT2D eigenvalue weighted by molar-refractivity contribution is 1.47. The number of hydrogen-bond donors (Lipinski definition) is 1. The van der Waals surface area contributed by atoms with Crippen LogP contribution in [0.25, 0.3) is 12.2 Å². The van der Waals surface area contributed by atoms with Crippen LogP contribution in [0.15, 0.2) is 78.9 Å². The highest BCUT2D eigenvalue weighted by Gasteiger charge is 1.96. The van der Waals surface area contributed by atoms with Crippen molar-refractivity contribution in [3.63, 3.8) is 0 Å². The Hall–Kier alpha value is -3.31. The van der Waals surface area contributed by atoms with Gasteiger partial charge in [0, 0.05) is 11.4 Å². The van der Waals surface area contributed by atoms with Gasteiger partial charge in [-0.15, -0.1) is 0 Å². The number of benzene rings is 3. The van der Waals surface area contributed by atoms with E-state index in [4.69, 9.17) is 5.26 Å². The molecule has 0 radical (unpaired) electrons. The Balaban J connectivity index is 1.67. The van der Waals surface area contributed by atoms with Crippen LogP contribution in [-0.4, -0.2) is 0 Å². The Labute approximate surface area is 136 Å². The number of hydrogen-bond acceptors (Lipinski definition) is 2. The maximum Gasteiger partial charge on any atom is 0.0991 e. The van der Waals surface area contributed by atoms with Gasteiger partial charge in [-0.2, -0.15) is 5.26 Å². The van der Waals surface area contributed by atoms with Gasteiger partial charge in [0.05, 0.1) is 11.6 Å². The third-order valence-electron chi connectivity index (χ3n) is 3.48. The summed E-state index contributed by atoms with van der Waals surface area (Å²) in [5.74, 6) is 0. The molecule has 3 aromatic carbocycles. The number of anilines is 2. The lowest BCUT2D eigenvalue weighted by Gasteiger charge is -2.06. The van der Waals surface area contributed by atoms with Crippen LogP contribution < -0.4 is 5.32 Å². The summed E-state index contributed by atoms with van der Waals surface area (Å²) >= 11 is 0. The monoisotopic (exact) mass is 296 g/mol. The Bertz CT molecular complexity index is 824. The van der Waals surface area contributed by atoms with Crippen molar-refractivity contribution in [2.45, 2.75) is 0 Å². The summed E-state index contributed by atoms with van der Waals surface area (Å²) in [5, 5.41) is 12.1. The summed E-state index contributed by atoms with van der Waals surface area (Å²) in [6.45, 7) is 0. The van der Waals surface area contributed by atoms with E-state index in [1.165, 1.54) is 5.56 Å². The van der Waals surface area contributed by atoms with E-state index >= 15 is 0 Å². The Kier molecular flexibility index (Phi) is 4.52. The van der Waals surface area contributed by atoms with Crippen LogP contribution >= 0.6 is 0 Å². The highest BCUT2D eigenvalue weighted by Crippen LogP contribution is 2.18. The molecule has 1 N–H and O–H groups in total. The minimum Gasteiger partial charge on any atom is -0.356 e. The van der Waals surface area contributed by atoms with Crippen molar-refractivity contribution < 1.29 is 0 Å². The normalized spacial score (nSPS) is 10.4. The van der Waals surface area contributed by atoms with Crippen molar-refractivity contribution in [1.82, 2.24) is 0 Å². The molecule has 0 unspecified atom stereocenters. The van der Waals surface area contributed by atoms with Crippen molar-refractivity contribution in [2.24, 2.45) is 0 Å². The summed E-state index contributed by atoms with van der Waals surface area (Å²) in [6, 6.07) is 28.0. The van der Waals surface area contributed by atoms with Crippen LogP contribution in [0.4, 0.5) is 11.4 Å². The van der Waals surface area contributed by atoms with Gasteiger partial charge in [-0.1, -0.05) is 54.6 Å². The molecular formula is C21H16N2. The molecule has 0 aliphatic carbocycles. The van der Waals surface area contributed by atoms with Gasteiger partial charge in [0.2, 0.25) is 0 Å². The van der Waals surface area contributed by atoms with E-state index in [0.29, 0.717) is 5.56 Å². The molecule has 0 aliphatic rings. The van der Waals surface area contributed by atoms with E-state index in [0.717, 1.165) is 16.9 Å². The molecule has 0 heterocycles. The number of nitrogens with zero attached hydrogens (tertiary/aromatic N) is 1. The second-order valence-electron chi connectivity index (χ2n) is 5.18. The van der Waals surface area contributed by atoms with E-state index in [1.807, 2.05) is 42.5 Å². The van der Waals surface area contributed by atoms with Crippen molar-refractivity contribution in [1.29, 1.82) is 5.26 Å². The van der Waals surface area contributed by atoms with E-state index < -0.39 is 0 Å². The van der Waals surface area contributed by atoms with E-state index in [-0.39, 0.29) is 0 Å². The van der Waals surface area contributed by atoms with Crippen molar-refractivity contribution in [3.8, 4) is 6.07 Å². The SMILES string of the molecule is N#Cc1ccc(Nc2ccc(/C=C/c3ccccc3)cc2)cc1. The minimum atomic E-state index is 0.664. The quantitative estimate of drug-likeness (QED) is 0.648. The lowest BCUT2D eigenvalue weighted by Crippen LogP contribution is -1.90. The largest absolute Gasteiger partial charge is 0.356 e. The molecule has 3 rings (SSSR count). The average Bonchev–Trinajstić information content (AvgIpc) is 2.63. The molecule has 0 aliphatic heterocycles. The molecule has 23 heavy (non-hydrogen) atoms. The second kappa shape index (κ2) is 7.11. The zero-order chi connectivity index (χ0) is 15.9. The molecule has 0 aromatic heterocycles. The number of nitriles is 1. The van der Waals surface area contributed by atoms with Gasteiger partial charge in [0.15, 0.2) is 0 Å². The van der Waals surface area contributed by atoms with E-state index in [2.05, 4.69) is 47.8 Å². The standard InChI is InChI=1S/C21H16N2/c22-16-19-10-14-21(15-11-19)23-20-12-8-18(9-13-20)7-6-17-4-2-1-3-5-17/h1-15,23H/b7-6+. The highest BCUT2D eigenvalue weighted by molar-refractivity contribution is 5.71. The Morgan fingerprint density at radius 1 is 0.652 bits per heavy atom. The van der Waals surface area contributed by atoms with Crippen molar-refractivity contribution in [2.75, 3.05) is 5.32 Å². The molecule has 0 saturated heterocycles. The average molecular weight is 296 g/mol. The van der Waals surface area contributed by atoms with Crippen LogP contribution in [0, 0.1) is 11.3 Å². The molecule has 3 aromatic rings. The zero-order valence-electron chi connectivity index (χ0n) is 12.6. The summed E-state index contributed by atoms with van der Waals surface area (Å²) in [6.07, 6.45) is 4.20. The molecule has 2 heteroatoms. The third kappa shape index (κ3) is 4.09. The first kappa shape index (κ1) is 14.6. The van der Waals surface area contributed by atoms with Crippen molar-refractivity contribution in [3.05, 3.63) is 95.6 Å². The number of nitrogens with one attached hydrogen (secondary N) is 1. The molecule has 2 nitrogen and oxygen atoms in total. The first-order chi connectivity index (χ1) is 11.3. The maximum atomic E-state index is 8.80. The Morgan fingerprint density at radius 2 is 1.17 bits per heavy atom.